The molecule has 1 heterocycles. The Morgan fingerprint density at radius 3 is 2.60 bits per heavy atom. The topological polar surface area (TPSA) is 44.8 Å². The second-order valence-corrected chi connectivity index (χ2v) is 6.06. The van der Waals surface area contributed by atoms with Crippen molar-refractivity contribution in [2.75, 3.05) is 7.11 Å². The van der Waals surface area contributed by atoms with Crippen molar-refractivity contribution < 1.29 is 19.0 Å². The number of hydrogen-bond acceptors (Lipinski definition) is 4. The third-order valence-corrected chi connectivity index (χ3v) is 4.42. The maximum atomic E-state index is 11.4. The molecule has 1 unspecified atom stereocenters. The predicted molar refractivity (Wildman–Crippen MR) is 95.3 cm³/mol. The molecule has 4 nitrogen and oxygen atoms in total. The standard InChI is InChI=1S/C21H18O4/c1-13(22)24-17-10-6-9-16-20(17)19(23-2)12-15-11-18(25-21(15)16)14-7-4-3-5-8-14/h3-10,12,18H,11H2,1-2H3. The molecule has 0 radical (unpaired) electrons. The molecule has 0 N–H and O–H groups in total. The highest BCUT2D eigenvalue weighted by atomic mass is 16.5. The average molecular weight is 334 g/mol. The normalized spacial score (nSPS) is 15.5. The van der Waals surface area contributed by atoms with Crippen molar-refractivity contribution >= 4 is 16.7 Å². The van der Waals surface area contributed by atoms with Crippen LogP contribution in [-0.2, 0) is 11.2 Å². The second-order valence-electron chi connectivity index (χ2n) is 6.06. The SMILES string of the molecule is COc1cc2c(c3cccc(OC(C)=O)c13)OC(c1ccccc1)C2. The number of hydrogen-bond donors (Lipinski definition) is 0. The number of carbonyl (C=O) groups is 1. The minimum atomic E-state index is -0.363. The molecule has 25 heavy (non-hydrogen) atoms. The van der Waals surface area contributed by atoms with E-state index in [-0.39, 0.29) is 12.1 Å². The number of esters is 1. The van der Waals surface area contributed by atoms with Gasteiger partial charge in [0.2, 0.25) is 0 Å². The van der Waals surface area contributed by atoms with Crippen LogP contribution in [0.5, 0.6) is 17.2 Å². The van der Waals surface area contributed by atoms with Crippen LogP contribution in [0.1, 0.15) is 24.2 Å². The van der Waals surface area contributed by atoms with Crippen LogP contribution in [0.2, 0.25) is 0 Å². The number of benzene rings is 3. The van der Waals surface area contributed by atoms with Gasteiger partial charge in [0.15, 0.2) is 0 Å². The third kappa shape index (κ3) is 2.70. The monoisotopic (exact) mass is 334 g/mol. The van der Waals surface area contributed by atoms with Crippen molar-refractivity contribution in [1.82, 2.24) is 0 Å². The lowest BCUT2D eigenvalue weighted by Crippen LogP contribution is -2.03. The summed E-state index contributed by atoms with van der Waals surface area (Å²) < 4.78 is 17.2. The zero-order valence-electron chi connectivity index (χ0n) is 14.1. The van der Waals surface area contributed by atoms with Gasteiger partial charge in [0, 0.05) is 24.3 Å². The fourth-order valence-corrected chi connectivity index (χ4v) is 3.37. The molecule has 3 aromatic carbocycles. The molecular formula is C21H18O4. The van der Waals surface area contributed by atoms with E-state index in [4.69, 9.17) is 14.2 Å². The predicted octanol–water partition coefficient (Wildman–Crippen LogP) is 4.45. The molecule has 4 heteroatoms. The van der Waals surface area contributed by atoms with E-state index in [0.29, 0.717) is 11.5 Å². The van der Waals surface area contributed by atoms with E-state index in [1.165, 1.54) is 6.92 Å². The molecule has 0 saturated heterocycles. The Morgan fingerprint density at radius 2 is 1.88 bits per heavy atom. The lowest BCUT2D eigenvalue weighted by Gasteiger charge is -2.14. The maximum Gasteiger partial charge on any atom is 0.308 e. The molecule has 0 spiro atoms. The summed E-state index contributed by atoms with van der Waals surface area (Å²) in [5, 5.41) is 1.65. The van der Waals surface area contributed by atoms with Gasteiger partial charge in [-0.05, 0) is 17.7 Å². The van der Waals surface area contributed by atoms with Gasteiger partial charge in [-0.15, -0.1) is 0 Å². The zero-order chi connectivity index (χ0) is 17.4. The van der Waals surface area contributed by atoms with Crippen LogP contribution < -0.4 is 14.2 Å². The third-order valence-electron chi connectivity index (χ3n) is 4.42. The van der Waals surface area contributed by atoms with E-state index >= 15 is 0 Å². The second kappa shape index (κ2) is 6.13. The molecule has 0 aromatic heterocycles. The first-order valence-corrected chi connectivity index (χ1v) is 8.20. The maximum absolute atomic E-state index is 11.4. The van der Waals surface area contributed by atoms with Crippen LogP contribution in [0.4, 0.5) is 0 Å². The number of methoxy groups -OCH3 is 1. The van der Waals surface area contributed by atoms with Crippen molar-refractivity contribution in [3.05, 3.63) is 65.7 Å². The van der Waals surface area contributed by atoms with Gasteiger partial charge >= 0.3 is 5.97 Å². The first-order chi connectivity index (χ1) is 12.2. The molecule has 0 saturated carbocycles. The lowest BCUT2D eigenvalue weighted by atomic mass is 10.00. The van der Waals surface area contributed by atoms with E-state index in [1.54, 1.807) is 13.2 Å². The van der Waals surface area contributed by atoms with Crippen LogP contribution in [0, 0.1) is 0 Å². The summed E-state index contributed by atoms with van der Waals surface area (Å²) in [5.74, 6) is 1.64. The number of rotatable bonds is 3. The lowest BCUT2D eigenvalue weighted by molar-refractivity contribution is -0.131. The van der Waals surface area contributed by atoms with Gasteiger partial charge in [-0.3, -0.25) is 4.79 Å². The smallest absolute Gasteiger partial charge is 0.308 e. The highest BCUT2D eigenvalue weighted by molar-refractivity contribution is 6.00. The van der Waals surface area contributed by atoms with Gasteiger partial charge in [0.1, 0.15) is 23.4 Å². The Balaban J connectivity index is 1.85. The summed E-state index contributed by atoms with van der Waals surface area (Å²) in [6.45, 7) is 1.39. The van der Waals surface area contributed by atoms with Crippen molar-refractivity contribution in [3.8, 4) is 17.2 Å². The quantitative estimate of drug-likeness (QED) is 0.524. The van der Waals surface area contributed by atoms with Gasteiger partial charge in [0.05, 0.1) is 12.5 Å². The Labute approximate surface area is 145 Å². The minimum absolute atomic E-state index is 0.0242. The number of fused-ring (bicyclic) bond motifs is 3. The number of carbonyl (C=O) groups excluding carboxylic acids is 1. The number of ether oxygens (including phenoxy) is 3. The molecule has 3 aromatic rings. The van der Waals surface area contributed by atoms with Crippen molar-refractivity contribution in [1.29, 1.82) is 0 Å². The minimum Gasteiger partial charge on any atom is -0.496 e. The Bertz CT molecular complexity index is 947. The van der Waals surface area contributed by atoms with Crippen LogP contribution in [-0.4, -0.2) is 13.1 Å². The highest BCUT2D eigenvalue weighted by Gasteiger charge is 2.28. The van der Waals surface area contributed by atoms with Crippen molar-refractivity contribution in [2.24, 2.45) is 0 Å². The summed E-state index contributed by atoms with van der Waals surface area (Å²) >= 11 is 0. The van der Waals surface area contributed by atoms with E-state index in [9.17, 15) is 4.79 Å². The molecule has 0 bridgehead atoms. The molecule has 4 rings (SSSR count). The van der Waals surface area contributed by atoms with Gasteiger partial charge in [0.25, 0.3) is 0 Å². The first-order valence-electron chi connectivity index (χ1n) is 8.20. The van der Waals surface area contributed by atoms with Gasteiger partial charge in [-0.2, -0.15) is 0 Å². The summed E-state index contributed by atoms with van der Waals surface area (Å²) in [6.07, 6.45) is 0.757. The molecule has 0 amide bonds. The van der Waals surface area contributed by atoms with Gasteiger partial charge in [-0.1, -0.05) is 42.5 Å². The fraction of sp³-hybridized carbons (Fsp3) is 0.190. The molecule has 0 fully saturated rings. The van der Waals surface area contributed by atoms with Crippen LogP contribution in [0.3, 0.4) is 0 Å². The van der Waals surface area contributed by atoms with E-state index < -0.39 is 0 Å². The van der Waals surface area contributed by atoms with Gasteiger partial charge < -0.3 is 14.2 Å². The zero-order valence-corrected chi connectivity index (χ0v) is 14.1. The van der Waals surface area contributed by atoms with E-state index in [0.717, 1.165) is 34.1 Å². The largest absolute Gasteiger partial charge is 0.496 e. The fourth-order valence-electron chi connectivity index (χ4n) is 3.37. The van der Waals surface area contributed by atoms with E-state index in [1.807, 2.05) is 36.4 Å². The van der Waals surface area contributed by atoms with Crippen LogP contribution in [0.15, 0.2) is 54.6 Å². The highest BCUT2D eigenvalue weighted by Crippen LogP contribution is 2.47. The van der Waals surface area contributed by atoms with Gasteiger partial charge in [-0.25, -0.2) is 0 Å². The van der Waals surface area contributed by atoms with Crippen molar-refractivity contribution in [2.45, 2.75) is 19.4 Å². The summed E-state index contributed by atoms with van der Waals surface area (Å²) in [6, 6.07) is 17.7. The molecule has 126 valence electrons. The molecule has 0 aliphatic carbocycles. The van der Waals surface area contributed by atoms with Crippen molar-refractivity contribution in [3.63, 3.8) is 0 Å². The first kappa shape index (κ1) is 15.5. The molecule has 1 aliphatic heterocycles. The Morgan fingerprint density at radius 1 is 1.08 bits per heavy atom. The van der Waals surface area contributed by atoms with Crippen LogP contribution in [0.25, 0.3) is 10.8 Å². The Kier molecular flexibility index (Phi) is 3.80. The summed E-state index contributed by atoms with van der Waals surface area (Å²) in [5.41, 5.74) is 2.24. The van der Waals surface area contributed by atoms with E-state index in [2.05, 4.69) is 12.1 Å². The summed E-state index contributed by atoms with van der Waals surface area (Å²) in [4.78, 5) is 11.4. The molecule has 1 aliphatic rings. The average Bonchev–Trinajstić information content (AvgIpc) is 3.06. The van der Waals surface area contributed by atoms with Crippen LogP contribution >= 0.6 is 0 Å². The molecular weight excluding hydrogens is 316 g/mol. The summed E-state index contributed by atoms with van der Waals surface area (Å²) in [7, 11) is 1.62. The molecule has 1 atom stereocenters. The Hall–Kier alpha value is -3.01.